The summed E-state index contributed by atoms with van der Waals surface area (Å²) in [4.78, 5) is 4.93. The van der Waals surface area contributed by atoms with Crippen molar-refractivity contribution >= 4 is 0 Å². The smallest absolute Gasteiger partial charge is 0.112 e. The standard InChI is InChI=1S/C15H27N3/c1-5-12-8-7-9-14-13(10-16-6-2)17-15(11(3)4)18(12)14/h11-12,16H,5-10H2,1-4H3. The molecule has 0 saturated heterocycles. The van der Waals surface area contributed by atoms with Gasteiger partial charge >= 0.3 is 0 Å². The molecular formula is C15H27N3. The van der Waals surface area contributed by atoms with Gasteiger partial charge in [0.05, 0.1) is 5.69 Å². The number of nitrogens with zero attached hydrogens (tertiary/aromatic N) is 2. The Morgan fingerprint density at radius 1 is 1.39 bits per heavy atom. The molecule has 1 atom stereocenters. The molecule has 0 aromatic carbocycles. The van der Waals surface area contributed by atoms with Crippen LogP contribution in [0.5, 0.6) is 0 Å². The Kier molecular flexibility index (Phi) is 4.44. The average molecular weight is 249 g/mol. The van der Waals surface area contributed by atoms with Crippen LogP contribution in [0.15, 0.2) is 0 Å². The summed E-state index contributed by atoms with van der Waals surface area (Å²) in [6.07, 6.45) is 5.07. The summed E-state index contributed by atoms with van der Waals surface area (Å²) >= 11 is 0. The molecule has 1 aliphatic rings. The molecule has 0 fully saturated rings. The van der Waals surface area contributed by atoms with E-state index in [1.54, 1.807) is 0 Å². The third kappa shape index (κ3) is 2.46. The second-order valence-electron chi connectivity index (χ2n) is 5.62. The molecule has 0 spiro atoms. The second-order valence-corrected chi connectivity index (χ2v) is 5.62. The fourth-order valence-corrected chi connectivity index (χ4v) is 3.02. The largest absolute Gasteiger partial charge is 0.328 e. The van der Waals surface area contributed by atoms with Gasteiger partial charge in [-0.25, -0.2) is 4.98 Å². The first-order valence-electron chi connectivity index (χ1n) is 7.49. The van der Waals surface area contributed by atoms with Crippen molar-refractivity contribution in [3.8, 4) is 0 Å². The Morgan fingerprint density at radius 3 is 2.78 bits per heavy atom. The zero-order valence-corrected chi connectivity index (χ0v) is 12.3. The highest BCUT2D eigenvalue weighted by Crippen LogP contribution is 2.33. The molecule has 1 unspecified atom stereocenters. The Morgan fingerprint density at radius 2 is 2.17 bits per heavy atom. The van der Waals surface area contributed by atoms with Crippen LogP contribution < -0.4 is 5.32 Å². The van der Waals surface area contributed by atoms with Crippen LogP contribution in [0.4, 0.5) is 0 Å². The van der Waals surface area contributed by atoms with Crippen molar-refractivity contribution in [1.82, 2.24) is 14.9 Å². The third-order valence-electron chi connectivity index (χ3n) is 3.97. The van der Waals surface area contributed by atoms with Crippen molar-refractivity contribution in [3.63, 3.8) is 0 Å². The first kappa shape index (κ1) is 13.6. The van der Waals surface area contributed by atoms with Gasteiger partial charge in [0.1, 0.15) is 5.82 Å². The van der Waals surface area contributed by atoms with E-state index in [9.17, 15) is 0 Å². The lowest BCUT2D eigenvalue weighted by Crippen LogP contribution is -2.21. The van der Waals surface area contributed by atoms with Crippen LogP contribution in [-0.4, -0.2) is 16.1 Å². The topological polar surface area (TPSA) is 29.9 Å². The lowest BCUT2D eigenvalue weighted by atomic mass is 9.99. The van der Waals surface area contributed by atoms with Crippen LogP contribution in [0.3, 0.4) is 0 Å². The number of nitrogens with one attached hydrogen (secondary N) is 1. The van der Waals surface area contributed by atoms with Gasteiger partial charge in [0.2, 0.25) is 0 Å². The van der Waals surface area contributed by atoms with Gasteiger partial charge in [-0.1, -0.05) is 27.7 Å². The summed E-state index contributed by atoms with van der Waals surface area (Å²) in [5.74, 6) is 1.82. The summed E-state index contributed by atoms with van der Waals surface area (Å²) in [6.45, 7) is 10.9. The minimum Gasteiger partial charge on any atom is -0.328 e. The van der Waals surface area contributed by atoms with E-state index in [1.807, 2.05) is 0 Å². The molecule has 2 rings (SSSR count). The van der Waals surface area contributed by atoms with E-state index >= 15 is 0 Å². The molecule has 1 aromatic heterocycles. The van der Waals surface area contributed by atoms with Gasteiger partial charge in [0.15, 0.2) is 0 Å². The highest BCUT2D eigenvalue weighted by atomic mass is 15.1. The number of imidazole rings is 1. The zero-order chi connectivity index (χ0) is 13.1. The lowest BCUT2D eigenvalue weighted by Gasteiger charge is -2.27. The maximum atomic E-state index is 4.93. The van der Waals surface area contributed by atoms with Gasteiger partial charge < -0.3 is 9.88 Å². The average Bonchev–Trinajstić information content (AvgIpc) is 2.75. The predicted molar refractivity (Wildman–Crippen MR) is 76.0 cm³/mol. The van der Waals surface area contributed by atoms with Crippen molar-refractivity contribution < 1.29 is 0 Å². The second kappa shape index (κ2) is 5.87. The number of rotatable bonds is 5. The van der Waals surface area contributed by atoms with Crippen LogP contribution in [0.25, 0.3) is 0 Å². The number of aromatic nitrogens is 2. The number of fused-ring (bicyclic) bond motifs is 1. The van der Waals surface area contributed by atoms with Crippen molar-refractivity contribution in [2.45, 2.75) is 71.9 Å². The first-order valence-corrected chi connectivity index (χ1v) is 7.49. The van der Waals surface area contributed by atoms with Crippen LogP contribution in [0.1, 0.15) is 76.1 Å². The van der Waals surface area contributed by atoms with Crippen molar-refractivity contribution in [2.24, 2.45) is 0 Å². The number of hydrogen-bond donors (Lipinski definition) is 1. The molecule has 18 heavy (non-hydrogen) atoms. The monoisotopic (exact) mass is 249 g/mol. The molecule has 102 valence electrons. The van der Waals surface area contributed by atoms with Gasteiger partial charge in [-0.2, -0.15) is 0 Å². The van der Waals surface area contributed by atoms with Gasteiger partial charge in [-0.05, 0) is 32.2 Å². The zero-order valence-electron chi connectivity index (χ0n) is 12.3. The van der Waals surface area contributed by atoms with E-state index in [-0.39, 0.29) is 0 Å². The summed E-state index contributed by atoms with van der Waals surface area (Å²) in [5.41, 5.74) is 2.79. The van der Waals surface area contributed by atoms with Gasteiger partial charge in [-0.15, -0.1) is 0 Å². The molecule has 0 saturated carbocycles. The van der Waals surface area contributed by atoms with Crippen molar-refractivity contribution in [3.05, 3.63) is 17.2 Å². The molecule has 1 N–H and O–H groups in total. The minimum atomic E-state index is 0.520. The molecule has 2 heterocycles. The van der Waals surface area contributed by atoms with E-state index in [0.717, 1.165) is 13.1 Å². The van der Waals surface area contributed by atoms with Crippen LogP contribution in [0, 0.1) is 0 Å². The molecule has 3 nitrogen and oxygen atoms in total. The van der Waals surface area contributed by atoms with E-state index in [4.69, 9.17) is 4.98 Å². The molecule has 0 radical (unpaired) electrons. The number of hydrogen-bond acceptors (Lipinski definition) is 2. The Bertz CT molecular complexity index is 393. The molecule has 0 amide bonds. The Labute approximate surface area is 111 Å². The van der Waals surface area contributed by atoms with Crippen LogP contribution >= 0.6 is 0 Å². The quantitative estimate of drug-likeness (QED) is 0.866. The fourth-order valence-electron chi connectivity index (χ4n) is 3.02. The van der Waals surface area contributed by atoms with E-state index < -0.39 is 0 Å². The van der Waals surface area contributed by atoms with Gasteiger partial charge in [-0.3, -0.25) is 0 Å². The summed E-state index contributed by atoms with van der Waals surface area (Å²) in [6, 6.07) is 0.675. The van der Waals surface area contributed by atoms with E-state index in [0.29, 0.717) is 12.0 Å². The minimum absolute atomic E-state index is 0.520. The predicted octanol–water partition coefficient (Wildman–Crippen LogP) is 3.40. The highest BCUT2D eigenvalue weighted by Gasteiger charge is 2.26. The fraction of sp³-hybridized carbons (Fsp3) is 0.800. The van der Waals surface area contributed by atoms with Crippen molar-refractivity contribution in [1.29, 1.82) is 0 Å². The summed E-state index contributed by atoms with van der Waals surface area (Å²) in [7, 11) is 0. The molecule has 1 aromatic rings. The van der Waals surface area contributed by atoms with Gasteiger partial charge in [0, 0.05) is 24.2 Å². The summed E-state index contributed by atoms with van der Waals surface area (Å²) in [5, 5.41) is 3.42. The first-order chi connectivity index (χ1) is 8.69. The van der Waals surface area contributed by atoms with Crippen LogP contribution in [0.2, 0.25) is 0 Å². The lowest BCUT2D eigenvalue weighted by molar-refractivity contribution is 0.374. The van der Waals surface area contributed by atoms with Gasteiger partial charge in [0.25, 0.3) is 0 Å². The molecular weight excluding hydrogens is 222 g/mol. The van der Waals surface area contributed by atoms with E-state index in [1.165, 1.54) is 42.9 Å². The Balaban J connectivity index is 2.39. The van der Waals surface area contributed by atoms with E-state index in [2.05, 4.69) is 37.6 Å². The highest BCUT2D eigenvalue weighted by molar-refractivity contribution is 5.22. The summed E-state index contributed by atoms with van der Waals surface area (Å²) < 4.78 is 2.56. The molecule has 0 aliphatic carbocycles. The maximum Gasteiger partial charge on any atom is 0.112 e. The third-order valence-corrected chi connectivity index (χ3v) is 3.97. The Hall–Kier alpha value is -0.830. The molecule has 1 aliphatic heterocycles. The molecule has 0 bridgehead atoms. The SMILES string of the molecule is CCNCc1nc(C(C)C)n2c1CCCC2CC. The van der Waals surface area contributed by atoms with Crippen molar-refractivity contribution in [2.75, 3.05) is 6.54 Å². The maximum absolute atomic E-state index is 4.93. The molecule has 3 heteroatoms. The van der Waals surface area contributed by atoms with Crippen LogP contribution in [-0.2, 0) is 13.0 Å². The normalized spacial score (nSPS) is 19.3.